The largest absolute Gasteiger partial charge is 0.396 e. The molecule has 1 aromatic rings. The molecule has 1 atom stereocenters. The molecule has 3 aliphatic carbocycles. The molecule has 0 radical (unpaired) electrons. The molecule has 0 heterocycles. The predicted molar refractivity (Wildman–Crippen MR) is 68.7 cm³/mol. The van der Waals surface area contributed by atoms with E-state index in [-0.39, 0.29) is 23.3 Å². The molecule has 0 aromatic heterocycles. The molecular formula is C15H17F2NO2. The molecule has 2 bridgehead atoms. The summed E-state index contributed by atoms with van der Waals surface area (Å²) in [5.74, 6) is -1.37. The lowest BCUT2D eigenvalue weighted by atomic mass is 9.35. The first-order valence-electron chi connectivity index (χ1n) is 6.76. The van der Waals surface area contributed by atoms with Crippen molar-refractivity contribution >= 4 is 5.91 Å². The molecule has 3 aliphatic rings. The number of hydrogen-bond acceptors (Lipinski definition) is 2. The topological polar surface area (TPSA) is 49.3 Å². The molecule has 3 nitrogen and oxygen atoms in total. The third kappa shape index (κ3) is 1.92. The average molecular weight is 281 g/mol. The molecule has 5 heteroatoms. The second-order valence-corrected chi connectivity index (χ2v) is 6.37. The van der Waals surface area contributed by atoms with Gasteiger partial charge in [-0.05, 0) is 49.3 Å². The highest BCUT2D eigenvalue weighted by atomic mass is 19.1. The minimum Gasteiger partial charge on any atom is -0.396 e. The van der Waals surface area contributed by atoms with Crippen LogP contribution in [-0.2, 0) is 4.79 Å². The zero-order valence-electron chi connectivity index (χ0n) is 11.2. The van der Waals surface area contributed by atoms with Gasteiger partial charge in [-0.2, -0.15) is 0 Å². The van der Waals surface area contributed by atoms with E-state index in [1.165, 1.54) is 12.1 Å². The number of halogens is 2. The smallest absolute Gasteiger partial charge is 0.226 e. The van der Waals surface area contributed by atoms with Crippen molar-refractivity contribution in [1.29, 1.82) is 0 Å². The van der Waals surface area contributed by atoms with Crippen molar-refractivity contribution in [3.05, 3.63) is 35.4 Å². The van der Waals surface area contributed by atoms with Crippen LogP contribution in [0.25, 0.3) is 0 Å². The lowest BCUT2D eigenvalue weighted by Gasteiger charge is -2.68. The van der Waals surface area contributed by atoms with Crippen LogP contribution in [0.15, 0.2) is 18.2 Å². The van der Waals surface area contributed by atoms with Crippen LogP contribution in [0, 0.1) is 22.5 Å². The minimum absolute atomic E-state index is 0.0362. The van der Waals surface area contributed by atoms with Crippen LogP contribution in [0.3, 0.4) is 0 Å². The van der Waals surface area contributed by atoms with Gasteiger partial charge in [-0.15, -0.1) is 0 Å². The van der Waals surface area contributed by atoms with Crippen LogP contribution in [0.4, 0.5) is 8.78 Å². The Balaban J connectivity index is 1.65. The molecular weight excluding hydrogens is 264 g/mol. The van der Waals surface area contributed by atoms with Gasteiger partial charge >= 0.3 is 0 Å². The standard InChI is InChI=1S/C15H17F2NO2/c1-9(10-2-11(16)4-12(17)3-10)18-13(20)15-5-14(6-15,7-15)8-19/h2-4,9,19H,5-8H2,1H3,(H,18,20). The van der Waals surface area contributed by atoms with E-state index in [1.54, 1.807) is 6.92 Å². The van der Waals surface area contributed by atoms with Crippen LogP contribution in [0.2, 0.25) is 0 Å². The van der Waals surface area contributed by atoms with Gasteiger partial charge in [-0.1, -0.05) is 0 Å². The van der Waals surface area contributed by atoms with Crippen molar-refractivity contribution in [1.82, 2.24) is 5.32 Å². The van der Waals surface area contributed by atoms with Crippen molar-refractivity contribution in [2.45, 2.75) is 32.2 Å². The van der Waals surface area contributed by atoms with Crippen LogP contribution in [-0.4, -0.2) is 17.6 Å². The zero-order chi connectivity index (χ0) is 14.5. The number of hydrogen-bond donors (Lipinski definition) is 2. The third-order valence-electron chi connectivity index (χ3n) is 4.69. The number of rotatable bonds is 4. The Bertz CT molecular complexity index is 533. The average Bonchev–Trinajstić information content (AvgIpc) is 2.24. The number of aliphatic hydroxyl groups excluding tert-OH is 1. The second-order valence-electron chi connectivity index (χ2n) is 6.37. The van der Waals surface area contributed by atoms with Crippen molar-refractivity contribution < 1.29 is 18.7 Å². The molecule has 1 amide bonds. The van der Waals surface area contributed by atoms with Gasteiger partial charge in [-0.25, -0.2) is 8.78 Å². The van der Waals surface area contributed by atoms with Gasteiger partial charge in [0.25, 0.3) is 0 Å². The molecule has 0 aliphatic heterocycles. The van der Waals surface area contributed by atoms with Crippen molar-refractivity contribution in [3.8, 4) is 0 Å². The maximum absolute atomic E-state index is 13.2. The highest BCUT2D eigenvalue weighted by molar-refractivity contribution is 5.86. The summed E-state index contributed by atoms with van der Waals surface area (Å²) in [6.45, 7) is 1.84. The second kappa shape index (κ2) is 4.25. The fraction of sp³-hybridized carbons (Fsp3) is 0.533. The van der Waals surface area contributed by atoms with Crippen molar-refractivity contribution in [2.75, 3.05) is 6.61 Å². The maximum Gasteiger partial charge on any atom is 0.226 e. The number of carbonyl (C=O) groups excluding carboxylic acids is 1. The molecule has 2 N–H and O–H groups in total. The molecule has 3 saturated carbocycles. The number of benzene rings is 1. The molecule has 4 rings (SSSR count). The van der Waals surface area contributed by atoms with Crippen LogP contribution < -0.4 is 5.32 Å². The molecule has 20 heavy (non-hydrogen) atoms. The summed E-state index contributed by atoms with van der Waals surface area (Å²) in [5.41, 5.74) is 0.0216. The molecule has 108 valence electrons. The summed E-state index contributed by atoms with van der Waals surface area (Å²) in [6, 6.07) is 2.83. The predicted octanol–water partition coefficient (Wildman–Crippen LogP) is 2.30. The summed E-state index contributed by atoms with van der Waals surface area (Å²) >= 11 is 0. The molecule has 1 aromatic carbocycles. The lowest BCUT2D eigenvalue weighted by Crippen LogP contribution is -2.69. The summed E-state index contributed by atoms with van der Waals surface area (Å²) in [6.07, 6.45) is 2.14. The van der Waals surface area contributed by atoms with E-state index >= 15 is 0 Å². The number of amides is 1. The van der Waals surface area contributed by atoms with Crippen LogP contribution >= 0.6 is 0 Å². The SMILES string of the molecule is CC(NC(=O)C12CC(CO)(C1)C2)c1cc(F)cc(F)c1. The van der Waals surface area contributed by atoms with Crippen LogP contribution in [0.5, 0.6) is 0 Å². The molecule has 1 unspecified atom stereocenters. The summed E-state index contributed by atoms with van der Waals surface area (Å²) in [4.78, 5) is 12.2. The highest BCUT2D eigenvalue weighted by Gasteiger charge is 2.71. The normalized spacial score (nSPS) is 32.0. The summed E-state index contributed by atoms with van der Waals surface area (Å²) in [7, 11) is 0. The first-order valence-corrected chi connectivity index (χ1v) is 6.76. The number of nitrogens with one attached hydrogen (secondary N) is 1. The van der Waals surface area contributed by atoms with Gasteiger partial charge in [0.2, 0.25) is 5.91 Å². The van der Waals surface area contributed by atoms with E-state index in [4.69, 9.17) is 0 Å². The molecule has 3 fully saturated rings. The molecule has 0 saturated heterocycles. The van der Waals surface area contributed by atoms with Gasteiger partial charge in [0.15, 0.2) is 0 Å². The van der Waals surface area contributed by atoms with Crippen molar-refractivity contribution in [2.24, 2.45) is 10.8 Å². The van der Waals surface area contributed by atoms with Gasteiger partial charge in [0.1, 0.15) is 11.6 Å². The Morgan fingerprint density at radius 1 is 1.30 bits per heavy atom. The van der Waals surface area contributed by atoms with Gasteiger partial charge in [-0.3, -0.25) is 4.79 Å². The first-order chi connectivity index (χ1) is 9.38. The van der Waals surface area contributed by atoms with Gasteiger partial charge < -0.3 is 10.4 Å². The van der Waals surface area contributed by atoms with E-state index in [2.05, 4.69) is 5.32 Å². The number of aliphatic hydroxyl groups is 1. The first kappa shape index (κ1) is 13.5. The van der Waals surface area contributed by atoms with E-state index in [1.807, 2.05) is 0 Å². The Morgan fingerprint density at radius 3 is 2.35 bits per heavy atom. The fourth-order valence-electron chi connectivity index (χ4n) is 3.66. The maximum atomic E-state index is 13.2. The Kier molecular flexibility index (Phi) is 2.87. The zero-order valence-corrected chi connectivity index (χ0v) is 11.2. The van der Waals surface area contributed by atoms with Gasteiger partial charge in [0, 0.05) is 12.7 Å². The van der Waals surface area contributed by atoms with E-state index < -0.39 is 17.7 Å². The highest BCUT2D eigenvalue weighted by Crippen LogP contribution is 2.73. The quantitative estimate of drug-likeness (QED) is 0.889. The van der Waals surface area contributed by atoms with E-state index in [0.717, 1.165) is 6.07 Å². The lowest BCUT2D eigenvalue weighted by molar-refractivity contribution is -0.220. The Hall–Kier alpha value is -1.49. The summed E-state index contributed by atoms with van der Waals surface area (Å²) < 4.78 is 26.3. The van der Waals surface area contributed by atoms with Gasteiger partial charge in [0.05, 0.1) is 11.5 Å². The fourth-order valence-corrected chi connectivity index (χ4v) is 3.66. The third-order valence-corrected chi connectivity index (χ3v) is 4.69. The van der Waals surface area contributed by atoms with Crippen LogP contribution in [0.1, 0.15) is 37.8 Å². The Labute approximate surface area is 116 Å². The van der Waals surface area contributed by atoms with E-state index in [0.29, 0.717) is 24.8 Å². The number of carbonyl (C=O) groups is 1. The summed E-state index contributed by atoms with van der Waals surface area (Å²) in [5, 5.41) is 12.0. The van der Waals surface area contributed by atoms with Crippen molar-refractivity contribution in [3.63, 3.8) is 0 Å². The Morgan fingerprint density at radius 2 is 1.85 bits per heavy atom. The molecule has 0 spiro atoms. The van der Waals surface area contributed by atoms with E-state index in [9.17, 15) is 18.7 Å². The monoisotopic (exact) mass is 281 g/mol. The minimum atomic E-state index is -0.647.